The Morgan fingerprint density at radius 3 is 1.55 bits per heavy atom. The predicted molar refractivity (Wildman–Crippen MR) is 83.9 cm³/mol. The van der Waals surface area contributed by atoms with Crippen LogP contribution < -0.4 is 0 Å². The molecule has 106 valence electrons. The first kappa shape index (κ1) is 16.7. The molecule has 0 radical (unpaired) electrons. The van der Waals surface area contributed by atoms with Crippen molar-refractivity contribution in [3.63, 3.8) is 0 Å². The van der Waals surface area contributed by atoms with E-state index >= 15 is 0 Å². The van der Waals surface area contributed by atoms with Gasteiger partial charge in [-0.05, 0) is 35.4 Å². The molecule has 0 atom stereocenters. The van der Waals surface area contributed by atoms with Crippen molar-refractivity contribution in [2.24, 2.45) is 0 Å². The highest BCUT2D eigenvalue weighted by atomic mass is 79.9. The van der Waals surface area contributed by atoms with Crippen molar-refractivity contribution in [2.75, 3.05) is 14.2 Å². The summed E-state index contributed by atoms with van der Waals surface area (Å²) >= 11 is 6.81. The van der Waals surface area contributed by atoms with Gasteiger partial charge in [-0.1, -0.05) is 31.9 Å². The molecular formula is C14H12Br2O4. The molecule has 0 heterocycles. The number of hydrogen-bond donors (Lipinski definition) is 0. The van der Waals surface area contributed by atoms with Gasteiger partial charge in [0, 0.05) is 21.1 Å². The first-order valence-electron chi connectivity index (χ1n) is 5.49. The number of rotatable bonds is 4. The monoisotopic (exact) mass is 402 g/mol. The first-order chi connectivity index (χ1) is 9.47. The molecule has 1 aromatic rings. The van der Waals surface area contributed by atoms with Gasteiger partial charge < -0.3 is 9.47 Å². The molecule has 0 aliphatic rings. The van der Waals surface area contributed by atoms with Crippen molar-refractivity contribution >= 4 is 56.0 Å². The Labute approximate surface area is 133 Å². The molecule has 0 spiro atoms. The third-order valence-electron chi connectivity index (χ3n) is 2.32. The van der Waals surface area contributed by atoms with Crippen LogP contribution in [0.25, 0.3) is 12.2 Å². The predicted octanol–water partition coefficient (Wildman–Crippen LogP) is 3.58. The zero-order valence-corrected chi connectivity index (χ0v) is 14.0. The summed E-state index contributed by atoms with van der Waals surface area (Å²) in [7, 11) is 2.64. The maximum atomic E-state index is 11.1. The fourth-order valence-electron chi connectivity index (χ4n) is 1.28. The van der Waals surface area contributed by atoms with Crippen LogP contribution in [0.3, 0.4) is 0 Å². The number of esters is 2. The van der Waals surface area contributed by atoms with Crippen molar-refractivity contribution in [1.29, 1.82) is 0 Å². The van der Waals surface area contributed by atoms with Gasteiger partial charge >= 0.3 is 11.9 Å². The molecule has 4 nitrogen and oxygen atoms in total. The van der Waals surface area contributed by atoms with E-state index in [-0.39, 0.29) is 0 Å². The highest BCUT2D eigenvalue weighted by Gasteiger charge is 2.04. The van der Waals surface area contributed by atoms with E-state index in [0.29, 0.717) is 0 Å². The van der Waals surface area contributed by atoms with Gasteiger partial charge in [-0.25, -0.2) is 9.59 Å². The van der Waals surface area contributed by atoms with Crippen LogP contribution in [0, 0.1) is 0 Å². The Kier molecular flexibility index (Phi) is 6.67. The van der Waals surface area contributed by atoms with Crippen LogP contribution in [0.1, 0.15) is 11.1 Å². The van der Waals surface area contributed by atoms with Crippen LogP contribution in [0.15, 0.2) is 33.2 Å². The first-order valence-corrected chi connectivity index (χ1v) is 7.07. The van der Waals surface area contributed by atoms with Gasteiger partial charge in [-0.3, -0.25) is 0 Å². The van der Waals surface area contributed by atoms with Gasteiger partial charge in [0.25, 0.3) is 0 Å². The van der Waals surface area contributed by atoms with Gasteiger partial charge in [-0.15, -0.1) is 0 Å². The molecule has 20 heavy (non-hydrogen) atoms. The fourth-order valence-corrected chi connectivity index (χ4v) is 2.27. The SMILES string of the molecule is COC(=O)/C=C/c1cc(Br)c(/C=C/C(=O)OC)cc1Br. The lowest BCUT2D eigenvalue weighted by Crippen LogP contribution is -1.94. The van der Waals surface area contributed by atoms with E-state index in [2.05, 4.69) is 41.3 Å². The Hall–Kier alpha value is -1.40. The van der Waals surface area contributed by atoms with Gasteiger partial charge in [0.1, 0.15) is 0 Å². The number of benzene rings is 1. The second kappa shape index (κ2) is 8.01. The van der Waals surface area contributed by atoms with Crippen molar-refractivity contribution in [1.82, 2.24) is 0 Å². The maximum absolute atomic E-state index is 11.1. The summed E-state index contributed by atoms with van der Waals surface area (Å²) < 4.78 is 10.6. The normalized spacial score (nSPS) is 11.0. The van der Waals surface area contributed by atoms with Gasteiger partial charge in [-0.2, -0.15) is 0 Å². The Balaban J connectivity index is 3.03. The number of carbonyl (C=O) groups excluding carboxylic acids is 2. The van der Waals surface area contributed by atoms with Crippen molar-refractivity contribution in [3.8, 4) is 0 Å². The molecule has 0 bridgehead atoms. The average molecular weight is 404 g/mol. The number of halogens is 2. The summed E-state index contributed by atoms with van der Waals surface area (Å²) in [5.74, 6) is -0.856. The number of carbonyl (C=O) groups is 2. The minimum atomic E-state index is -0.428. The Bertz CT molecular complexity index is 525. The Morgan fingerprint density at radius 1 is 0.900 bits per heavy atom. The van der Waals surface area contributed by atoms with E-state index in [9.17, 15) is 9.59 Å². The van der Waals surface area contributed by atoms with Gasteiger partial charge in [0.05, 0.1) is 14.2 Å². The zero-order valence-electron chi connectivity index (χ0n) is 10.9. The molecular weight excluding hydrogens is 392 g/mol. The molecule has 0 N–H and O–H groups in total. The van der Waals surface area contributed by atoms with Crippen LogP contribution >= 0.6 is 31.9 Å². The van der Waals surface area contributed by atoms with Crippen molar-refractivity contribution < 1.29 is 19.1 Å². The lowest BCUT2D eigenvalue weighted by atomic mass is 10.1. The zero-order chi connectivity index (χ0) is 15.1. The summed E-state index contributed by atoms with van der Waals surface area (Å²) in [6, 6.07) is 3.64. The third kappa shape index (κ3) is 4.94. The second-order valence-corrected chi connectivity index (χ2v) is 5.32. The molecule has 6 heteroatoms. The summed E-state index contributed by atoms with van der Waals surface area (Å²) in [6.07, 6.45) is 5.93. The van der Waals surface area contributed by atoms with Crippen LogP contribution in [-0.2, 0) is 19.1 Å². The highest BCUT2D eigenvalue weighted by Crippen LogP contribution is 2.28. The minimum Gasteiger partial charge on any atom is -0.466 e. The highest BCUT2D eigenvalue weighted by molar-refractivity contribution is 9.11. The van der Waals surface area contributed by atoms with Crippen LogP contribution in [0.2, 0.25) is 0 Å². The van der Waals surface area contributed by atoms with Crippen LogP contribution in [-0.4, -0.2) is 26.2 Å². The van der Waals surface area contributed by atoms with Gasteiger partial charge in [0.15, 0.2) is 0 Å². The summed E-state index contributed by atoms with van der Waals surface area (Å²) in [6.45, 7) is 0. The Morgan fingerprint density at radius 2 is 1.25 bits per heavy atom. The smallest absolute Gasteiger partial charge is 0.330 e. The third-order valence-corrected chi connectivity index (χ3v) is 3.69. The molecule has 0 unspecified atom stereocenters. The van der Waals surface area contributed by atoms with E-state index in [1.165, 1.54) is 26.4 Å². The molecule has 1 aromatic carbocycles. The van der Waals surface area contributed by atoms with Crippen molar-refractivity contribution in [3.05, 3.63) is 44.4 Å². The number of methoxy groups -OCH3 is 2. The largest absolute Gasteiger partial charge is 0.466 e. The van der Waals surface area contributed by atoms with Crippen LogP contribution in [0.4, 0.5) is 0 Å². The van der Waals surface area contributed by atoms with Gasteiger partial charge in [0.2, 0.25) is 0 Å². The summed E-state index contributed by atoms with van der Waals surface area (Å²) in [5, 5.41) is 0. The molecule has 0 saturated carbocycles. The summed E-state index contributed by atoms with van der Waals surface area (Å²) in [4.78, 5) is 22.1. The molecule has 0 aliphatic heterocycles. The standard InChI is InChI=1S/C14H12Br2O4/c1-19-13(17)5-3-9-7-12(16)10(8-11(9)15)4-6-14(18)20-2/h3-8H,1-2H3/b5-3+,6-4+. The fraction of sp³-hybridized carbons (Fsp3) is 0.143. The second-order valence-electron chi connectivity index (χ2n) is 3.61. The molecule has 0 aromatic heterocycles. The van der Waals surface area contributed by atoms with E-state index in [4.69, 9.17) is 0 Å². The van der Waals surface area contributed by atoms with E-state index in [1.807, 2.05) is 12.1 Å². The number of ether oxygens (including phenoxy) is 2. The topological polar surface area (TPSA) is 52.6 Å². The summed E-state index contributed by atoms with van der Waals surface area (Å²) in [5.41, 5.74) is 1.61. The van der Waals surface area contributed by atoms with E-state index in [0.717, 1.165) is 20.1 Å². The molecule has 0 amide bonds. The quantitative estimate of drug-likeness (QED) is 0.569. The molecule has 1 rings (SSSR count). The molecule has 0 saturated heterocycles. The lowest BCUT2D eigenvalue weighted by Gasteiger charge is -2.04. The molecule has 0 aliphatic carbocycles. The maximum Gasteiger partial charge on any atom is 0.330 e. The van der Waals surface area contributed by atoms with E-state index < -0.39 is 11.9 Å². The van der Waals surface area contributed by atoms with Crippen LogP contribution in [0.5, 0.6) is 0 Å². The van der Waals surface area contributed by atoms with Crippen molar-refractivity contribution in [2.45, 2.75) is 0 Å². The lowest BCUT2D eigenvalue weighted by molar-refractivity contribution is -0.135. The van der Waals surface area contributed by atoms with E-state index in [1.54, 1.807) is 12.2 Å². The number of hydrogen-bond acceptors (Lipinski definition) is 4. The average Bonchev–Trinajstić information content (AvgIpc) is 2.45. The molecule has 0 fully saturated rings. The minimum absolute atomic E-state index is 0.428.